The van der Waals surface area contributed by atoms with Gasteiger partial charge in [0.2, 0.25) is 0 Å². The summed E-state index contributed by atoms with van der Waals surface area (Å²) in [5.41, 5.74) is 0.526. The molecule has 0 aliphatic carbocycles. The smallest absolute Gasteiger partial charge is 0.336 e. The van der Waals surface area contributed by atoms with Crippen molar-refractivity contribution in [3.63, 3.8) is 0 Å². The second-order valence-electron chi connectivity index (χ2n) is 3.22. The van der Waals surface area contributed by atoms with Crippen LogP contribution in [0.3, 0.4) is 0 Å². The van der Waals surface area contributed by atoms with Crippen LogP contribution >= 0.6 is 11.3 Å². The average molecular weight is 200 g/mol. The number of carboxylic acids is 1. The monoisotopic (exact) mass is 200 g/mol. The maximum atomic E-state index is 10.8. The van der Waals surface area contributed by atoms with Gasteiger partial charge in [-0.05, 0) is 19.2 Å². The molecule has 0 unspecified atom stereocenters. The van der Waals surface area contributed by atoms with Crippen molar-refractivity contribution in [1.82, 2.24) is 0 Å². The molecule has 0 spiro atoms. The highest BCUT2D eigenvalue weighted by Crippen LogP contribution is 2.29. The standard InChI is InChI=1S/C9H12O3S/c1-9(2,12-3)7-5-13-4-6(7)8(10)11/h4-5H,1-3H3,(H,10,11). The van der Waals surface area contributed by atoms with Gasteiger partial charge in [0.05, 0.1) is 11.2 Å². The molecule has 0 amide bonds. The molecule has 1 aromatic rings. The Labute approximate surface area is 81.0 Å². The van der Waals surface area contributed by atoms with Crippen LogP contribution in [0.4, 0.5) is 0 Å². The molecule has 0 radical (unpaired) electrons. The molecule has 1 heterocycles. The van der Waals surface area contributed by atoms with Crippen LogP contribution in [-0.4, -0.2) is 18.2 Å². The second-order valence-corrected chi connectivity index (χ2v) is 3.96. The number of carbonyl (C=O) groups is 1. The third kappa shape index (κ3) is 1.89. The van der Waals surface area contributed by atoms with Gasteiger partial charge in [0.15, 0.2) is 0 Å². The maximum Gasteiger partial charge on any atom is 0.336 e. The Morgan fingerprint density at radius 1 is 1.54 bits per heavy atom. The van der Waals surface area contributed by atoms with Gasteiger partial charge < -0.3 is 9.84 Å². The molecule has 0 bridgehead atoms. The van der Waals surface area contributed by atoms with Crippen molar-refractivity contribution in [1.29, 1.82) is 0 Å². The van der Waals surface area contributed by atoms with Gasteiger partial charge in [0, 0.05) is 18.1 Å². The fourth-order valence-corrected chi connectivity index (χ4v) is 2.02. The van der Waals surface area contributed by atoms with E-state index in [9.17, 15) is 4.79 Å². The number of rotatable bonds is 3. The van der Waals surface area contributed by atoms with Gasteiger partial charge >= 0.3 is 5.97 Å². The number of carboxylic acid groups (broad SMARTS) is 1. The molecule has 0 saturated heterocycles. The molecule has 0 aliphatic heterocycles. The molecule has 0 saturated carbocycles. The van der Waals surface area contributed by atoms with Crippen molar-refractivity contribution in [3.05, 3.63) is 21.9 Å². The Bertz CT molecular complexity index is 314. The number of aromatic carboxylic acids is 1. The normalized spacial score (nSPS) is 11.6. The first-order valence-corrected chi connectivity index (χ1v) is 4.78. The van der Waals surface area contributed by atoms with Gasteiger partial charge in [0.25, 0.3) is 0 Å². The van der Waals surface area contributed by atoms with Gasteiger partial charge in [0.1, 0.15) is 0 Å². The summed E-state index contributed by atoms with van der Waals surface area (Å²) in [5.74, 6) is -0.902. The Hall–Kier alpha value is -0.870. The van der Waals surface area contributed by atoms with Gasteiger partial charge in [-0.15, -0.1) is 0 Å². The number of methoxy groups -OCH3 is 1. The summed E-state index contributed by atoms with van der Waals surface area (Å²) in [5, 5.41) is 12.3. The lowest BCUT2D eigenvalue weighted by Gasteiger charge is -2.22. The van der Waals surface area contributed by atoms with Crippen LogP contribution in [-0.2, 0) is 10.3 Å². The first-order valence-electron chi connectivity index (χ1n) is 3.84. The highest BCUT2D eigenvalue weighted by molar-refractivity contribution is 7.08. The largest absolute Gasteiger partial charge is 0.478 e. The summed E-state index contributed by atoms with van der Waals surface area (Å²) in [6, 6.07) is 0. The van der Waals surface area contributed by atoms with Crippen LogP contribution in [0, 0.1) is 0 Å². The molecule has 1 rings (SSSR count). The van der Waals surface area contributed by atoms with Crippen molar-refractivity contribution in [2.45, 2.75) is 19.4 Å². The van der Waals surface area contributed by atoms with Gasteiger partial charge in [-0.3, -0.25) is 0 Å². The van der Waals surface area contributed by atoms with Crippen LogP contribution in [0.15, 0.2) is 10.8 Å². The topological polar surface area (TPSA) is 46.5 Å². The molecule has 3 nitrogen and oxygen atoms in total. The summed E-state index contributed by atoms with van der Waals surface area (Å²) in [7, 11) is 1.57. The fourth-order valence-electron chi connectivity index (χ4n) is 1.04. The summed E-state index contributed by atoms with van der Waals surface area (Å²) < 4.78 is 5.22. The molecule has 0 atom stereocenters. The van der Waals surface area contributed by atoms with E-state index in [0.717, 1.165) is 5.56 Å². The van der Waals surface area contributed by atoms with E-state index >= 15 is 0 Å². The fraction of sp³-hybridized carbons (Fsp3) is 0.444. The van der Waals surface area contributed by atoms with Gasteiger partial charge in [-0.1, -0.05) is 0 Å². The lowest BCUT2D eigenvalue weighted by molar-refractivity contribution is 0.0180. The summed E-state index contributed by atoms with van der Waals surface area (Å²) >= 11 is 1.38. The molecule has 4 heteroatoms. The highest BCUT2D eigenvalue weighted by atomic mass is 32.1. The zero-order chi connectivity index (χ0) is 10.1. The molecule has 1 N–H and O–H groups in total. The van der Waals surface area contributed by atoms with Crippen LogP contribution < -0.4 is 0 Å². The number of ether oxygens (including phenoxy) is 1. The van der Waals surface area contributed by atoms with Crippen LogP contribution in [0.2, 0.25) is 0 Å². The van der Waals surface area contributed by atoms with E-state index in [2.05, 4.69) is 0 Å². The van der Waals surface area contributed by atoms with Crippen molar-refractivity contribution >= 4 is 17.3 Å². The second kappa shape index (κ2) is 3.47. The van der Waals surface area contributed by atoms with Gasteiger partial charge in [-0.25, -0.2) is 4.79 Å². The SMILES string of the molecule is COC(C)(C)c1cscc1C(=O)O. The molecule has 13 heavy (non-hydrogen) atoms. The predicted octanol–water partition coefficient (Wildman–Crippen LogP) is 2.33. The lowest BCUT2D eigenvalue weighted by Crippen LogP contribution is -2.21. The summed E-state index contributed by atoms with van der Waals surface area (Å²) in [6.07, 6.45) is 0. The molecular weight excluding hydrogens is 188 g/mol. The van der Waals surface area contributed by atoms with E-state index in [4.69, 9.17) is 9.84 Å². The molecule has 0 aliphatic rings. The minimum absolute atomic E-state index is 0.330. The molecule has 1 aromatic heterocycles. The van der Waals surface area contributed by atoms with E-state index in [-0.39, 0.29) is 0 Å². The van der Waals surface area contributed by atoms with Crippen molar-refractivity contribution in [2.75, 3.05) is 7.11 Å². The molecule has 0 aromatic carbocycles. The Morgan fingerprint density at radius 2 is 2.15 bits per heavy atom. The zero-order valence-corrected chi connectivity index (χ0v) is 8.64. The van der Waals surface area contributed by atoms with E-state index in [0.29, 0.717) is 5.56 Å². The maximum absolute atomic E-state index is 10.8. The Kier molecular flexibility index (Phi) is 2.73. The van der Waals surface area contributed by atoms with Gasteiger partial charge in [-0.2, -0.15) is 11.3 Å². The lowest BCUT2D eigenvalue weighted by atomic mass is 9.97. The predicted molar refractivity (Wildman–Crippen MR) is 51.3 cm³/mol. The third-order valence-corrected chi connectivity index (χ3v) is 2.79. The zero-order valence-electron chi connectivity index (χ0n) is 7.83. The van der Waals surface area contributed by atoms with E-state index in [1.54, 1.807) is 12.5 Å². The molecule has 72 valence electrons. The van der Waals surface area contributed by atoms with Crippen molar-refractivity contribution in [3.8, 4) is 0 Å². The van der Waals surface area contributed by atoms with Crippen molar-refractivity contribution < 1.29 is 14.6 Å². The average Bonchev–Trinajstić information content (AvgIpc) is 2.52. The quantitative estimate of drug-likeness (QED) is 0.814. The van der Waals surface area contributed by atoms with Crippen LogP contribution in [0.5, 0.6) is 0 Å². The first kappa shape index (κ1) is 10.2. The van der Waals surface area contributed by atoms with Crippen molar-refractivity contribution in [2.24, 2.45) is 0 Å². The van der Waals surface area contributed by atoms with E-state index in [1.807, 2.05) is 19.2 Å². The third-order valence-electron chi connectivity index (χ3n) is 2.05. The summed E-state index contributed by atoms with van der Waals surface area (Å²) in [4.78, 5) is 10.8. The number of hydrogen-bond donors (Lipinski definition) is 1. The van der Waals surface area contributed by atoms with E-state index in [1.165, 1.54) is 11.3 Å². The summed E-state index contributed by atoms with van der Waals surface area (Å²) in [6.45, 7) is 3.70. The minimum atomic E-state index is -0.902. The molecule has 0 fully saturated rings. The Balaban J connectivity index is 3.14. The van der Waals surface area contributed by atoms with E-state index < -0.39 is 11.6 Å². The highest BCUT2D eigenvalue weighted by Gasteiger charge is 2.26. The molecular formula is C9H12O3S. The van der Waals surface area contributed by atoms with Crippen LogP contribution in [0.1, 0.15) is 29.8 Å². The Morgan fingerprint density at radius 3 is 2.62 bits per heavy atom. The number of hydrogen-bond acceptors (Lipinski definition) is 3. The van der Waals surface area contributed by atoms with Crippen LogP contribution in [0.25, 0.3) is 0 Å². The first-order chi connectivity index (χ1) is 5.99. The minimum Gasteiger partial charge on any atom is -0.478 e. The number of thiophene rings is 1.